The van der Waals surface area contributed by atoms with Gasteiger partial charge in [-0.3, -0.25) is 0 Å². The Morgan fingerprint density at radius 3 is 2.47 bits per heavy atom. The molecule has 7 nitrogen and oxygen atoms in total. The number of nitrogen functional groups attached to an aromatic ring is 1. The molecule has 3 N–H and O–H groups in total. The molecule has 4 rings (SSSR count). The molecule has 1 aliphatic rings. The van der Waals surface area contributed by atoms with Gasteiger partial charge in [-0.1, -0.05) is 0 Å². The van der Waals surface area contributed by atoms with Crippen molar-refractivity contribution in [1.82, 2.24) is 14.9 Å². The highest BCUT2D eigenvalue weighted by Crippen LogP contribution is 2.38. The van der Waals surface area contributed by atoms with E-state index in [1.54, 1.807) is 26.0 Å². The first kappa shape index (κ1) is 27.7. The number of rotatable bonds is 10. The van der Waals surface area contributed by atoms with Crippen LogP contribution in [0.5, 0.6) is 11.5 Å². The number of ether oxygens (including phenoxy) is 2. The Morgan fingerprint density at radius 1 is 1.13 bits per heavy atom. The minimum Gasteiger partial charge on any atom is -0.493 e. The molecule has 0 radical (unpaired) electrons. The Balaban J connectivity index is 1.66. The highest BCUT2D eigenvalue weighted by Gasteiger charge is 2.36. The quantitative estimate of drug-likeness (QED) is 0.244. The summed E-state index contributed by atoms with van der Waals surface area (Å²) in [4.78, 5) is 11.2. The van der Waals surface area contributed by atoms with Gasteiger partial charge in [-0.25, -0.2) is 14.4 Å². The number of benzene rings is 2. The summed E-state index contributed by atoms with van der Waals surface area (Å²) in [6.07, 6.45) is -2.49. The minimum atomic E-state index is -4.88. The topological polar surface area (TPSA) is 85.5 Å². The Bertz CT molecular complexity index is 1310. The summed E-state index contributed by atoms with van der Waals surface area (Å²) in [5, 5.41) is 3.60. The van der Waals surface area contributed by atoms with E-state index in [1.165, 1.54) is 26.0 Å². The molecule has 3 aromatic rings. The molecule has 1 heterocycles. The maximum Gasteiger partial charge on any atom is 0.419 e. The van der Waals surface area contributed by atoms with Crippen molar-refractivity contribution in [3.8, 4) is 11.5 Å². The summed E-state index contributed by atoms with van der Waals surface area (Å²) in [7, 11) is 3.60. The van der Waals surface area contributed by atoms with Crippen LogP contribution in [0.3, 0.4) is 0 Å². The minimum absolute atomic E-state index is 0.144. The van der Waals surface area contributed by atoms with Gasteiger partial charge in [0.2, 0.25) is 0 Å². The van der Waals surface area contributed by atoms with E-state index in [0.29, 0.717) is 40.1 Å². The van der Waals surface area contributed by atoms with Crippen LogP contribution in [0.2, 0.25) is 0 Å². The number of aryl methyl sites for hydroxylation is 1. The standard InChI is InChI=1S/C27H33F4N5O2/c1-14(12-36(4)13-17-6-7-17)38-24-10-20-22(11-23(24)37-5)34-16(3)35-26(20)33-15(2)19-8-18(32)9-21(25(19)28)27(29,30)31/h8-11,14-15,17H,6-7,12-13,32H2,1-5H3,(H,33,34,35)/t14-,15-/m1/s1. The smallest absolute Gasteiger partial charge is 0.419 e. The van der Waals surface area contributed by atoms with Crippen LogP contribution in [0.25, 0.3) is 10.9 Å². The predicted molar refractivity (Wildman–Crippen MR) is 139 cm³/mol. The number of methoxy groups -OCH3 is 1. The van der Waals surface area contributed by atoms with Crippen molar-refractivity contribution in [3.63, 3.8) is 0 Å². The number of fused-ring (bicyclic) bond motifs is 1. The number of likely N-dealkylation sites (N-methyl/N-ethyl adjacent to an activating group) is 1. The summed E-state index contributed by atoms with van der Waals surface area (Å²) in [6, 6.07) is 4.35. The molecule has 2 atom stereocenters. The molecule has 0 unspecified atom stereocenters. The fourth-order valence-corrected chi connectivity index (χ4v) is 4.60. The van der Waals surface area contributed by atoms with E-state index in [9.17, 15) is 17.6 Å². The Hall–Kier alpha value is -3.34. The van der Waals surface area contributed by atoms with Crippen molar-refractivity contribution in [2.24, 2.45) is 5.92 Å². The Morgan fingerprint density at radius 2 is 1.84 bits per heavy atom. The third-order valence-corrected chi connectivity index (χ3v) is 6.50. The summed E-state index contributed by atoms with van der Waals surface area (Å²) in [6.45, 7) is 6.95. The van der Waals surface area contributed by atoms with Gasteiger partial charge >= 0.3 is 6.18 Å². The first-order chi connectivity index (χ1) is 17.8. The lowest BCUT2D eigenvalue weighted by Crippen LogP contribution is -2.32. The zero-order chi connectivity index (χ0) is 27.8. The molecule has 2 aromatic carbocycles. The molecular formula is C27H33F4N5O2. The fourth-order valence-electron chi connectivity index (χ4n) is 4.60. The van der Waals surface area contributed by atoms with Gasteiger partial charge in [-0.2, -0.15) is 13.2 Å². The number of hydrogen-bond acceptors (Lipinski definition) is 7. The molecule has 1 aromatic heterocycles. The van der Waals surface area contributed by atoms with Gasteiger partial charge < -0.3 is 25.4 Å². The summed E-state index contributed by atoms with van der Waals surface area (Å²) in [5.41, 5.74) is 4.40. The first-order valence-corrected chi connectivity index (χ1v) is 12.5. The van der Waals surface area contributed by atoms with Crippen LogP contribution in [0.1, 0.15) is 49.7 Å². The maximum atomic E-state index is 14.9. The number of nitrogens with one attached hydrogen (secondary N) is 1. The van der Waals surface area contributed by atoms with Gasteiger partial charge in [-0.15, -0.1) is 0 Å². The number of nitrogens with two attached hydrogens (primary N) is 1. The second-order valence-electron chi connectivity index (χ2n) is 10.1. The Labute approximate surface area is 219 Å². The first-order valence-electron chi connectivity index (χ1n) is 12.5. The summed E-state index contributed by atoms with van der Waals surface area (Å²) >= 11 is 0. The average molecular weight is 536 g/mol. The van der Waals surface area contributed by atoms with Gasteiger partial charge in [0.05, 0.1) is 24.2 Å². The third kappa shape index (κ3) is 6.38. The number of hydrogen-bond donors (Lipinski definition) is 2. The van der Waals surface area contributed by atoms with Crippen molar-refractivity contribution in [2.75, 3.05) is 38.3 Å². The molecule has 0 spiro atoms. The van der Waals surface area contributed by atoms with Gasteiger partial charge in [-0.05, 0) is 64.8 Å². The van der Waals surface area contributed by atoms with Crippen molar-refractivity contribution in [1.29, 1.82) is 0 Å². The molecule has 11 heteroatoms. The molecule has 1 fully saturated rings. The molecule has 0 amide bonds. The molecular weight excluding hydrogens is 502 g/mol. The van der Waals surface area contributed by atoms with Crippen LogP contribution in [-0.4, -0.2) is 48.2 Å². The number of nitrogens with zero attached hydrogens (tertiary/aromatic N) is 3. The fraction of sp³-hybridized carbons (Fsp3) is 0.481. The van der Waals surface area contributed by atoms with Gasteiger partial charge in [0.15, 0.2) is 11.5 Å². The monoisotopic (exact) mass is 535 g/mol. The van der Waals surface area contributed by atoms with Crippen LogP contribution in [0.15, 0.2) is 24.3 Å². The average Bonchev–Trinajstić information content (AvgIpc) is 3.63. The molecule has 0 bridgehead atoms. The lowest BCUT2D eigenvalue weighted by Gasteiger charge is -2.24. The second-order valence-corrected chi connectivity index (χ2v) is 10.1. The Kier molecular flexibility index (Phi) is 7.87. The second kappa shape index (κ2) is 10.8. The van der Waals surface area contributed by atoms with Crippen LogP contribution in [0, 0.1) is 18.7 Å². The number of aromatic nitrogens is 2. The van der Waals surface area contributed by atoms with E-state index >= 15 is 0 Å². The highest BCUT2D eigenvalue weighted by atomic mass is 19.4. The van der Waals surface area contributed by atoms with E-state index in [1.807, 2.05) is 6.92 Å². The SMILES string of the molecule is COc1cc2nc(C)nc(N[C@H](C)c3cc(N)cc(C(F)(F)F)c3F)c2cc1O[C@H](C)CN(C)CC1CC1. The molecule has 1 saturated carbocycles. The predicted octanol–water partition coefficient (Wildman–Crippen LogP) is 5.97. The van der Waals surface area contributed by atoms with Crippen LogP contribution < -0.4 is 20.5 Å². The van der Waals surface area contributed by atoms with Gasteiger partial charge in [0.1, 0.15) is 23.6 Å². The van der Waals surface area contributed by atoms with Crippen LogP contribution in [-0.2, 0) is 6.18 Å². The third-order valence-electron chi connectivity index (χ3n) is 6.50. The zero-order valence-corrected chi connectivity index (χ0v) is 22.1. The van der Waals surface area contributed by atoms with E-state index < -0.39 is 23.6 Å². The molecule has 1 aliphatic carbocycles. The van der Waals surface area contributed by atoms with E-state index in [2.05, 4.69) is 27.2 Å². The molecule has 0 saturated heterocycles. The highest BCUT2D eigenvalue weighted by molar-refractivity contribution is 5.92. The molecule has 206 valence electrons. The van der Waals surface area contributed by atoms with Crippen molar-refractivity contribution in [2.45, 2.75) is 51.9 Å². The van der Waals surface area contributed by atoms with Crippen molar-refractivity contribution >= 4 is 22.4 Å². The lowest BCUT2D eigenvalue weighted by atomic mass is 10.0. The van der Waals surface area contributed by atoms with Crippen molar-refractivity contribution < 1.29 is 27.0 Å². The van der Waals surface area contributed by atoms with E-state index in [-0.39, 0.29) is 17.4 Å². The summed E-state index contributed by atoms with van der Waals surface area (Å²) in [5.74, 6) is 1.09. The van der Waals surface area contributed by atoms with Crippen LogP contribution >= 0.6 is 0 Å². The maximum absolute atomic E-state index is 14.9. The molecule has 0 aliphatic heterocycles. The van der Waals surface area contributed by atoms with Gasteiger partial charge in [0, 0.05) is 35.8 Å². The largest absolute Gasteiger partial charge is 0.493 e. The van der Waals surface area contributed by atoms with Gasteiger partial charge in [0.25, 0.3) is 0 Å². The zero-order valence-electron chi connectivity index (χ0n) is 22.1. The van der Waals surface area contributed by atoms with E-state index in [4.69, 9.17) is 15.2 Å². The number of alkyl halides is 3. The van der Waals surface area contributed by atoms with E-state index in [0.717, 1.165) is 19.0 Å². The molecule has 38 heavy (non-hydrogen) atoms. The normalized spacial score (nSPS) is 15.5. The van der Waals surface area contributed by atoms with Crippen molar-refractivity contribution in [3.05, 3.63) is 47.0 Å². The number of halogens is 4. The lowest BCUT2D eigenvalue weighted by molar-refractivity contribution is -0.140. The van der Waals surface area contributed by atoms with Crippen LogP contribution in [0.4, 0.5) is 29.1 Å². The number of anilines is 2. The summed E-state index contributed by atoms with van der Waals surface area (Å²) < 4.78 is 66.8.